The summed E-state index contributed by atoms with van der Waals surface area (Å²) < 4.78 is 73.4. The minimum absolute atomic E-state index is 0.0930. The fourth-order valence-corrected chi connectivity index (χ4v) is 8.70. The molecule has 48 heavy (non-hydrogen) atoms. The van der Waals surface area contributed by atoms with Crippen LogP contribution in [-0.2, 0) is 14.8 Å². The van der Waals surface area contributed by atoms with Gasteiger partial charge in [0.2, 0.25) is 10.0 Å². The Morgan fingerprint density at radius 3 is 2.35 bits per heavy atom. The zero-order chi connectivity index (χ0) is 34.2. The zero-order valence-corrected chi connectivity index (χ0v) is 28.5. The molecule has 0 radical (unpaired) electrons. The van der Waals surface area contributed by atoms with E-state index in [4.69, 9.17) is 4.74 Å². The van der Waals surface area contributed by atoms with Crippen LogP contribution in [0.3, 0.4) is 0 Å². The van der Waals surface area contributed by atoms with E-state index in [2.05, 4.69) is 24.9 Å². The summed E-state index contributed by atoms with van der Waals surface area (Å²) in [5, 5.41) is 3.33. The summed E-state index contributed by atoms with van der Waals surface area (Å²) >= 11 is 0. The molecule has 4 unspecified atom stereocenters. The normalized spacial score (nSPS) is 27.3. The maximum Gasteiger partial charge on any atom is 0.573 e. The second-order valence-electron chi connectivity index (χ2n) is 13.8. The van der Waals surface area contributed by atoms with E-state index < -0.39 is 16.4 Å². The van der Waals surface area contributed by atoms with Gasteiger partial charge in [-0.1, -0.05) is 12.1 Å². The van der Waals surface area contributed by atoms with Crippen LogP contribution >= 0.6 is 0 Å². The van der Waals surface area contributed by atoms with Gasteiger partial charge in [0.15, 0.2) is 0 Å². The Morgan fingerprint density at radius 1 is 1.06 bits per heavy atom. The number of anilines is 1. The van der Waals surface area contributed by atoms with Crippen LogP contribution in [0.5, 0.6) is 5.75 Å². The summed E-state index contributed by atoms with van der Waals surface area (Å²) in [5.41, 5.74) is 1.85. The number of benzene rings is 1. The fourth-order valence-electron chi connectivity index (χ4n) is 7.99. The number of fused-ring (bicyclic) bond motifs is 1. The molecular weight excluding hydrogens is 649 g/mol. The van der Waals surface area contributed by atoms with Crippen molar-refractivity contribution < 1.29 is 35.9 Å². The molecule has 0 bridgehead atoms. The fraction of sp³-hybridized carbons (Fsp3) is 0.667. The molecule has 1 aromatic heterocycles. The second-order valence-corrected chi connectivity index (χ2v) is 15.8. The first kappa shape index (κ1) is 34.8. The first-order valence-electron chi connectivity index (χ1n) is 16.8. The minimum atomic E-state index is -4.73. The lowest BCUT2D eigenvalue weighted by Crippen LogP contribution is -2.47. The third-order valence-electron chi connectivity index (χ3n) is 10.7. The van der Waals surface area contributed by atoms with Crippen LogP contribution in [0.25, 0.3) is 0 Å². The summed E-state index contributed by atoms with van der Waals surface area (Å²) in [7, 11) is -1.49. The van der Waals surface area contributed by atoms with Gasteiger partial charge in [-0.2, -0.15) is 0 Å². The van der Waals surface area contributed by atoms with Crippen molar-refractivity contribution in [3.8, 4) is 5.75 Å². The van der Waals surface area contributed by atoms with E-state index in [1.54, 1.807) is 23.5 Å². The van der Waals surface area contributed by atoms with E-state index >= 15 is 0 Å². The van der Waals surface area contributed by atoms with Gasteiger partial charge in [-0.25, -0.2) is 22.7 Å². The summed E-state index contributed by atoms with van der Waals surface area (Å²) in [6, 6.07) is 6.32. The number of sulfonamides is 1. The Labute approximate surface area is 280 Å². The van der Waals surface area contributed by atoms with E-state index in [1.807, 2.05) is 11.8 Å². The monoisotopic (exact) mass is 694 g/mol. The van der Waals surface area contributed by atoms with Gasteiger partial charge >= 0.3 is 6.36 Å². The number of nitrogens with one attached hydrogen (secondary N) is 1. The van der Waals surface area contributed by atoms with Crippen LogP contribution in [-0.4, -0.2) is 109 Å². The summed E-state index contributed by atoms with van der Waals surface area (Å²) in [5.74, 6) is 1.25. The number of amides is 1. The van der Waals surface area contributed by atoms with Crippen LogP contribution in [0.1, 0.15) is 72.7 Å². The summed E-state index contributed by atoms with van der Waals surface area (Å²) in [6.45, 7) is 5.60. The predicted octanol–water partition coefficient (Wildman–Crippen LogP) is 4.61. The van der Waals surface area contributed by atoms with Crippen LogP contribution in [0.15, 0.2) is 30.6 Å². The van der Waals surface area contributed by atoms with Gasteiger partial charge in [-0.3, -0.25) is 9.69 Å². The van der Waals surface area contributed by atoms with Crippen molar-refractivity contribution in [2.24, 2.45) is 11.8 Å². The van der Waals surface area contributed by atoms with Gasteiger partial charge in [0.05, 0.1) is 18.5 Å². The standard InChI is InChI=1S/C33H45F3N6O5S/c1-21-30(32(43)41-13-11-25(12-14-41)42-18-23-15-26(16-24(23)19-42)40(2)48(3,44)45)38-20-39-31(21)37-17-28-5-4-6-29(46-28)22-7-9-27(10-8-22)47-33(34,35)36/h7-10,20,23-26,28-29H,4-6,11-19H2,1-3H3,(H,37,38,39). The zero-order valence-electron chi connectivity index (χ0n) is 27.7. The van der Waals surface area contributed by atoms with Gasteiger partial charge in [0, 0.05) is 57.4 Å². The van der Waals surface area contributed by atoms with Crippen LogP contribution < -0.4 is 10.1 Å². The first-order valence-corrected chi connectivity index (χ1v) is 18.6. The van der Waals surface area contributed by atoms with Crippen LogP contribution in [0, 0.1) is 18.8 Å². The van der Waals surface area contributed by atoms with Crippen LogP contribution in [0.4, 0.5) is 19.0 Å². The number of likely N-dealkylation sites (tertiary alicyclic amines) is 2. The van der Waals surface area contributed by atoms with Crippen molar-refractivity contribution in [1.82, 2.24) is 24.1 Å². The third-order valence-corrected chi connectivity index (χ3v) is 12.0. The Kier molecular flexibility index (Phi) is 10.2. The number of hydrogen-bond acceptors (Lipinski definition) is 9. The molecule has 3 saturated heterocycles. The molecule has 15 heteroatoms. The first-order chi connectivity index (χ1) is 22.7. The Bertz CT molecular complexity index is 1540. The molecule has 0 spiro atoms. The highest BCUT2D eigenvalue weighted by molar-refractivity contribution is 7.88. The SMILES string of the molecule is Cc1c(NCC2CCCC(c3ccc(OC(F)(F)F)cc3)O2)ncnc1C(=O)N1CCC(N2CC3CC(N(C)S(C)(=O)=O)CC3C2)CC1. The maximum atomic E-state index is 13.6. The van der Waals surface area contributed by atoms with E-state index in [0.29, 0.717) is 54.6 Å². The van der Waals surface area contributed by atoms with Crippen molar-refractivity contribution in [2.45, 2.75) is 82.5 Å². The highest BCUT2D eigenvalue weighted by atomic mass is 32.2. The molecule has 4 atom stereocenters. The van der Waals surface area contributed by atoms with E-state index in [9.17, 15) is 26.4 Å². The number of carbonyl (C=O) groups is 1. The number of ether oxygens (including phenoxy) is 2. The number of alkyl halides is 3. The van der Waals surface area contributed by atoms with E-state index in [1.165, 1.54) is 24.7 Å². The molecule has 6 rings (SSSR count). The number of aromatic nitrogens is 2. The predicted molar refractivity (Wildman–Crippen MR) is 173 cm³/mol. The minimum Gasteiger partial charge on any atom is -0.406 e. The lowest BCUT2D eigenvalue weighted by atomic mass is 9.98. The van der Waals surface area contributed by atoms with Gasteiger partial charge in [0.25, 0.3) is 5.91 Å². The second kappa shape index (κ2) is 14.1. The summed E-state index contributed by atoms with van der Waals surface area (Å²) in [4.78, 5) is 26.8. The molecule has 3 aliphatic heterocycles. The quantitative estimate of drug-likeness (QED) is 0.402. The molecule has 4 aliphatic rings. The molecule has 1 aromatic carbocycles. The highest BCUT2D eigenvalue weighted by Crippen LogP contribution is 2.42. The number of halogens is 3. The van der Waals surface area contributed by atoms with E-state index in [-0.39, 0.29) is 29.9 Å². The van der Waals surface area contributed by atoms with Crippen molar-refractivity contribution in [3.63, 3.8) is 0 Å². The van der Waals surface area contributed by atoms with Crippen molar-refractivity contribution in [1.29, 1.82) is 0 Å². The highest BCUT2D eigenvalue weighted by Gasteiger charge is 2.45. The Hall–Kier alpha value is -3.01. The largest absolute Gasteiger partial charge is 0.573 e. The average Bonchev–Trinajstić information content (AvgIpc) is 3.63. The number of piperidine rings is 1. The number of nitrogens with zero attached hydrogens (tertiary/aromatic N) is 5. The van der Waals surface area contributed by atoms with Crippen LogP contribution in [0.2, 0.25) is 0 Å². The topological polar surface area (TPSA) is 117 Å². The third kappa shape index (κ3) is 8.06. The molecule has 264 valence electrons. The van der Waals surface area contributed by atoms with Gasteiger partial charge in [-0.05, 0) is 81.4 Å². The van der Waals surface area contributed by atoms with Gasteiger partial charge < -0.3 is 19.7 Å². The molecule has 1 saturated carbocycles. The van der Waals surface area contributed by atoms with Gasteiger partial charge in [0.1, 0.15) is 23.6 Å². The average molecular weight is 695 g/mol. The Morgan fingerprint density at radius 2 is 1.73 bits per heavy atom. The molecule has 1 amide bonds. The molecule has 4 fully saturated rings. The maximum absolute atomic E-state index is 13.6. The smallest absolute Gasteiger partial charge is 0.406 e. The lowest BCUT2D eigenvalue weighted by Gasteiger charge is -2.37. The molecular formula is C33H45F3N6O5S. The number of rotatable bonds is 9. The van der Waals surface area contributed by atoms with Gasteiger partial charge in [-0.15, -0.1) is 13.2 Å². The molecule has 1 aliphatic carbocycles. The lowest BCUT2D eigenvalue weighted by molar-refractivity contribution is -0.274. The van der Waals surface area contributed by atoms with Crippen molar-refractivity contribution >= 4 is 21.7 Å². The molecule has 1 N–H and O–H groups in total. The summed E-state index contributed by atoms with van der Waals surface area (Å²) in [6.07, 6.45) is 3.67. The van der Waals surface area contributed by atoms with E-state index in [0.717, 1.165) is 63.6 Å². The molecule has 4 heterocycles. The number of hydrogen-bond donors (Lipinski definition) is 1. The van der Waals surface area contributed by atoms with Crippen molar-refractivity contribution in [2.75, 3.05) is 51.3 Å². The van der Waals surface area contributed by atoms with Crippen molar-refractivity contribution in [3.05, 3.63) is 47.4 Å². The molecule has 2 aromatic rings. The Balaban J connectivity index is 0.979. The number of carbonyl (C=O) groups excluding carboxylic acids is 1. The molecule has 11 nitrogen and oxygen atoms in total.